The van der Waals surface area contributed by atoms with Crippen LogP contribution in [0.25, 0.3) is 108 Å². The van der Waals surface area contributed by atoms with E-state index < -0.39 is 0 Å². The molecule has 3 nitrogen and oxygen atoms in total. The monoisotopic (exact) mass is 680 g/mol. The van der Waals surface area contributed by atoms with Gasteiger partial charge in [0.05, 0.1) is 27.8 Å². The van der Waals surface area contributed by atoms with E-state index >= 15 is 0 Å². The minimum absolute atomic E-state index is 0.897. The van der Waals surface area contributed by atoms with E-state index in [1.165, 1.54) is 74.9 Å². The number of para-hydroxylation sites is 4. The van der Waals surface area contributed by atoms with Crippen molar-refractivity contribution in [3.8, 4) is 22.5 Å². The molecule has 4 aromatic heterocycles. The fourth-order valence-corrected chi connectivity index (χ4v) is 10.1. The van der Waals surface area contributed by atoms with E-state index in [2.05, 4.69) is 173 Å². The molecule has 0 atom stereocenters. The van der Waals surface area contributed by atoms with Gasteiger partial charge in [0, 0.05) is 58.2 Å². The van der Waals surface area contributed by atoms with Gasteiger partial charge in [-0.05, 0) is 59.7 Å². The summed E-state index contributed by atoms with van der Waals surface area (Å²) < 4.78 is 13.9. The van der Waals surface area contributed by atoms with Gasteiger partial charge in [0.25, 0.3) is 0 Å². The molecule has 12 rings (SSSR count). The minimum atomic E-state index is 0.897. The lowest BCUT2D eigenvalue weighted by Crippen LogP contribution is -2.00. The molecule has 0 radical (unpaired) electrons. The molecule has 0 saturated heterocycles. The fraction of sp³-hybridized carbons (Fsp3) is 0. The summed E-state index contributed by atoms with van der Waals surface area (Å²) in [5.41, 5.74) is 11.4. The molecule has 4 heteroatoms. The van der Waals surface area contributed by atoms with Crippen LogP contribution in [0.3, 0.4) is 0 Å². The Bertz CT molecular complexity index is 3360. The summed E-state index contributed by atoms with van der Waals surface area (Å²) in [5, 5.41) is 9.87. The Hall–Kier alpha value is -6.62. The Kier molecular flexibility index (Phi) is 5.65. The third-order valence-electron chi connectivity index (χ3n) is 10.9. The Balaban J connectivity index is 1.26. The molecule has 52 heavy (non-hydrogen) atoms. The van der Waals surface area contributed by atoms with Crippen LogP contribution < -0.4 is 0 Å². The zero-order chi connectivity index (χ0) is 33.9. The Morgan fingerprint density at radius 3 is 1.88 bits per heavy atom. The summed E-state index contributed by atoms with van der Waals surface area (Å²) in [6.45, 7) is 0. The van der Waals surface area contributed by atoms with Crippen LogP contribution in [0, 0.1) is 0 Å². The Labute approximate surface area is 301 Å². The molecule has 0 unspecified atom stereocenters. The molecule has 4 heterocycles. The number of furan rings is 1. The lowest BCUT2D eigenvalue weighted by atomic mass is 10.0. The number of hydrogen-bond acceptors (Lipinski definition) is 2. The van der Waals surface area contributed by atoms with Gasteiger partial charge in [-0.2, -0.15) is 0 Å². The van der Waals surface area contributed by atoms with Gasteiger partial charge in [0.15, 0.2) is 0 Å². The standard InChI is InChI=1S/C48H28N2OS/c1-2-12-29(13-3-1)31-17-10-18-35-36-25-26-41-45(48(36)52-47(31)35)37-19-11-22-42(50-39-20-7-4-14-32(39)33-15-5-8-21-40(33)50)46(37)49(41)30-24-27-44-38(28-30)34-16-6-9-23-43(34)51-44/h1-28H. The molecule has 0 N–H and O–H groups in total. The van der Waals surface area contributed by atoms with Crippen LogP contribution >= 0.6 is 11.3 Å². The maximum atomic E-state index is 6.31. The number of rotatable bonds is 3. The average Bonchev–Trinajstić information content (AvgIpc) is 3.95. The van der Waals surface area contributed by atoms with E-state index in [0.29, 0.717) is 0 Å². The molecule has 0 saturated carbocycles. The second kappa shape index (κ2) is 10.5. The number of thiophene rings is 1. The van der Waals surface area contributed by atoms with Gasteiger partial charge in [0.1, 0.15) is 11.2 Å². The van der Waals surface area contributed by atoms with Gasteiger partial charge in [-0.25, -0.2) is 0 Å². The molecule has 0 fully saturated rings. The molecular weight excluding hydrogens is 653 g/mol. The molecule has 8 aromatic carbocycles. The van der Waals surface area contributed by atoms with Gasteiger partial charge in [-0.1, -0.05) is 121 Å². The summed E-state index contributed by atoms with van der Waals surface area (Å²) in [5.74, 6) is 0. The van der Waals surface area contributed by atoms with Crippen LogP contribution in [0.15, 0.2) is 174 Å². The molecule has 0 aliphatic rings. The maximum absolute atomic E-state index is 6.31. The van der Waals surface area contributed by atoms with Crippen LogP contribution in [0.4, 0.5) is 0 Å². The van der Waals surface area contributed by atoms with Crippen molar-refractivity contribution in [3.05, 3.63) is 170 Å². The largest absolute Gasteiger partial charge is 0.456 e. The molecule has 0 amide bonds. The van der Waals surface area contributed by atoms with Crippen molar-refractivity contribution in [2.24, 2.45) is 0 Å². The first-order chi connectivity index (χ1) is 25.8. The Morgan fingerprint density at radius 2 is 1.06 bits per heavy atom. The van der Waals surface area contributed by atoms with Crippen LogP contribution in [-0.2, 0) is 0 Å². The number of hydrogen-bond donors (Lipinski definition) is 0. The van der Waals surface area contributed by atoms with E-state index in [0.717, 1.165) is 33.3 Å². The smallest absolute Gasteiger partial charge is 0.135 e. The molecule has 0 aliphatic heterocycles. The quantitative estimate of drug-likeness (QED) is 0.182. The molecule has 242 valence electrons. The van der Waals surface area contributed by atoms with E-state index in [4.69, 9.17) is 4.42 Å². The molecule has 12 aromatic rings. The van der Waals surface area contributed by atoms with Crippen molar-refractivity contribution in [2.45, 2.75) is 0 Å². The van der Waals surface area contributed by atoms with Crippen LogP contribution in [0.1, 0.15) is 0 Å². The normalized spacial score (nSPS) is 12.2. The highest BCUT2D eigenvalue weighted by Gasteiger charge is 2.23. The first-order valence-electron chi connectivity index (χ1n) is 17.7. The van der Waals surface area contributed by atoms with Gasteiger partial charge in [-0.15, -0.1) is 11.3 Å². The lowest BCUT2D eigenvalue weighted by Gasteiger charge is -2.14. The van der Waals surface area contributed by atoms with Gasteiger partial charge >= 0.3 is 0 Å². The number of aromatic nitrogens is 2. The number of fused-ring (bicyclic) bond motifs is 13. The highest BCUT2D eigenvalue weighted by molar-refractivity contribution is 7.27. The predicted octanol–water partition coefficient (Wildman–Crippen LogP) is 13.8. The summed E-state index contributed by atoms with van der Waals surface area (Å²) >= 11 is 1.92. The van der Waals surface area contributed by atoms with Crippen molar-refractivity contribution in [1.82, 2.24) is 9.13 Å². The molecule has 0 aliphatic carbocycles. The van der Waals surface area contributed by atoms with Gasteiger partial charge < -0.3 is 13.6 Å². The predicted molar refractivity (Wildman–Crippen MR) is 221 cm³/mol. The third-order valence-corrected chi connectivity index (χ3v) is 12.2. The van der Waals surface area contributed by atoms with E-state index in [1.54, 1.807) is 0 Å². The van der Waals surface area contributed by atoms with Crippen molar-refractivity contribution in [2.75, 3.05) is 0 Å². The molecule has 0 spiro atoms. The van der Waals surface area contributed by atoms with E-state index in [9.17, 15) is 0 Å². The van der Waals surface area contributed by atoms with Crippen LogP contribution in [0.5, 0.6) is 0 Å². The number of benzene rings is 8. The van der Waals surface area contributed by atoms with Crippen molar-refractivity contribution >= 4 is 97.1 Å². The molecule has 0 bridgehead atoms. The minimum Gasteiger partial charge on any atom is -0.456 e. The average molecular weight is 681 g/mol. The molecular formula is C48H28N2OS. The Morgan fingerprint density at radius 1 is 0.404 bits per heavy atom. The summed E-state index contributed by atoms with van der Waals surface area (Å²) in [4.78, 5) is 0. The summed E-state index contributed by atoms with van der Waals surface area (Å²) in [6, 6.07) is 61.6. The maximum Gasteiger partial charge on any atom is 0.135 e. The summed E-state index contributed by atoms with van der Waals surface area (Å²) in [7, 11) is 0. The fourth-order valence-electron chi connectivity index (χ4n) is 8.72. The lowest BCUT2D eigenvalue weighted by molar-refractivity contribution is 0.669. The van der Waals surface area contributed by atoms with Crippen LogP contribution in [-0.4, -0.2) is 9.13 Å². The number of nitrogens with zero attached hydrogens (tertiary/aromatic N) is 2. The zero-order valence-electron chi connectivity index (χ0n) is 27.9. The SMILES string of the molecule is c1ccc(-c2cccc3c2sc2c3ccc3c2c2cccc(-n4c5ccccc5c5ccccc54)c2n3-c2ccc3oc4ccccc4c3c2)cc1. The third kappa shape index (κ3) is 3.74. The van der Waals surface area contributed by atoms with Crippen molar-refractivity contribution in [3.63, 3.8) is 0 Å². The van der Waals surface area contributed by atoms with Crippen LogP contribution in [0.2, 0.25) is 0 Å². The first kappa shape index (κ1) is 28.1. The van der Waals surface area contributed by atoms with Crippen molar-refractivity contribution < 1.29 is 4.42 Å². The zero-order valence-corrected chi connectivity index (χ0v) is 28.7. The van der Waals surface area contributed by atoms with Gasteiger partial charge in [-0.3, -0.25) is 0 Å². The van der Waals surface area contributed by atoms with E-state index in [1.807, 2.05) is 17.4 Å². The van der Waals surface area contributed by atoms with Crippen molar-refractivity contribution in [1.29, 1.82) is 0 Å². The highest BCUT2D eigenvalue weighted by Crippen LogP contribution is 2.47. The topological polar surface area (TPSA) is 23.0 Å². The summed E-state index contributed by atoms with van der Waals surface area (Å²) in [6.07, 6.45) is 0. The first-order valence-corrected chi connectivity index (χ1v) is 18.5. The second-order valence-corrected chi connectivity index (χ2v) is 14.7. The van der Waals surface area contributed by atoms with Gasteiger partial charge in [0.2, 0.25) is 0 Å². The second-order valence-electron chi connectivity index (χ2n) is 13.6. The van der Waals surface area contributed by atoms with E-state index in [-0.39, 0.29) is 0 Å². The highest BCUT2D eigenvalue weighted by atomic mass is 32.1.